The maximum absolute atomic E-state index is 10.5. The number of hydrogen-bond acceptors (Lipinski definition) is 1. The van der Waals surface area contributed by atoms with Crippen LogP contribution in [0.1, 0.15) is 24.8 Å². The molecule has 0 fully saturated rings. The van der Waals surface area contributed by atoms with E-state index in [4.69, 9.17) is 0 Å². The summed E-state index contributed by atoms with van der Waals surface area (Å²) in [5, 5.41) is 10.5. The predicted octanol–water partition coefficient (Wildman–Crippen LogP) is 3.04. The Kier molecular flexibility index (Phi) is 2.74. The van der Waals surface area contributed by atoms with E-state index in [9.17, 15) is 5.11 Å². The van der Waals surface area contributed by atoms with Crippen molar-refractivity contribution in [1.82, 2.24) is 0 Å². The van der Waals surface area contributed by atoms with Gasteiger partial charge in [-0.15, -0.1) is 0 Å². The molecule has 1 aromatic rings. The monoisotopic (exact) mass is 200 g/mol. The van der Waals surface area contributed by atoms with Crippen LogP contribution in [0.5, 0.6) is 0 Å². The summed E-state index contributed by atoms with van der Waals surface area (Å²) in [6.45, 7) is 2.07. The molecule has 0 aromatic heterocycles. The van der Waals surface area contributed by atoms with Crippen molar-refractivity contribution in [2.24, 2.45) is 0 Å². The molecule has 0 bridgehead atoms. The highest BCUT2D eigenvalue weighted by Gasteiger charge is 2.31. The average Bonchev–Trinajstić information content (AvgIpc) is 2.30. The molecule has 78 valence electrons. The van der Waals surface area contributed by atoms with Crippen LogP contribution in [-0.4, -0.2) is 10.7 Å². The molecule has 15 heavy (non-hydrogen) atoms. The van der Waals surface area contributed by atoms with E-state index in [0.29, 0.717) is 6.42 Å². The lowest BCUT2D eigenvalue weighted by molar-refractivity contribution is 0.0684. The van der Waals surface area contributed by atoms with Gasteiger partial charge in [0.15, 0.2) is 0 Å². The summed E-state index contributed by atoms with van der Waals surface area (Å²) >= 11 is 0. The van der Waals surface area contributed by atoms with Crippen LogP contribution in [0.25, 0.3) is 0 Å². The molecule has 1 heteroatoms. The first-order chi connectivity index (χ1) is 7.22. The lowest BCUT2D eigenvalue weighted by Crippen LogP contribution is -2.32. The largest absolute Gasteiger partial charge is 0.385 e. The fourth-order valence-electron chi connectivity index (χ4n) is 1.98. The maximum Gasteiger partial charge on any atom is 0.0930 e. The van der Waals surface area contributed by atoms with Gasteiger partial charge in [-0.25, -0.2) is 0 Å². The van der Waals surface area contributed by atoms with Crippen LogP contribution >= 0.6 is 0 Å². The summed E-state index contributed by atoms with van der Waals surface area (Å²) in [7, 11) is 0. The Hall–Kier alpha value is -1.34. The highest BCUT2D eigenvalue weighted by atomic mass is 16.3. The summed E-state index contributed by atoms with van der Waals surface area (Å²) < 4.78 is 0. The number of rotatable bonds is 2. The zero-order chi connectivity index (χ0) is 10.7. The van der Waals surface area contributed by atoms with Gasteiger partial charge in [0.2, 0.25) is 0 Å². The van der Waals surface area contributed by atoms with Gasteiger partial charge in [-0.2, -0.15) is 0 Å². The molecule has 0 aliphatic heterocycles. The summed E-state index contributed by atoms with van der Waals surface area (Å²) in [4.78, 5) is 0. The second kappa shape index (κ2) is 4.03. The summed E-state index contributed by atoms with van der Waals surface area (Å²) in [5.74, 6) is 0.125. The third-order valence-corrected chi connectivity index (χ3v) is 3.13. The third kappa shape index (κ3) is 2.02. The Morgan fingerprint density at radius 3 is 2.53 bits per heavy atom. The summed E-state index contributed by atoms with van der Waals surface area (Å²) in [6.07, 6.45) is 8.50. The summed E-state index contributed by atoms with van der Waals surface area (Å²) in [5.41, 5.74) is 0.454. The smallest absolute Gasteiger partial charge is 0.0930 e. The van der Waals surface area contributed by atoms with E-state index < -0.39 is 5.60 Å². The molecule has 1 aliphatic carbocycles. The molecule has 1 aromatic carbocycles. The van der Waals surface area contributed by atoms with Crippen LogP contribution in [0, 0.1) is 0 Å². The number of aliphatic hydroxyl groups is 1. The second-order valence-corrected chi connectivity index (χ2v) is 4.11. The van der Waals surface area contributed by atoms with Gasteiger partial charge in [0.1, 0.15) is 0 Å². The quantitative estimate of drug-likeness (QED) is 0.778. The highest BCUT2D eigenvalue weighted by molar-refractivity contribution is 5.29. The van der Waals surface area contributed by atoms with E-state index in [0.717, 1.165) is 0 Å². The number of allylic oxidation sites excluding steroid dienone is 2. The molecule has 1 nitrogen and oxygen atoms in total. The Morgan fingerprint density at radius 2 is 1.93 bits per heavy atom. The van der Waals surface area contributed by atoms with Gasteiger partial charge < -0.3 is 5.11 Å². The molecule has 2 unspecified atom stereocenters. The van der Waals surface area contributed by atoms with Crippen molar-refractivity contribution < 1.29 is 5.11 Å². The van der Waals surface area contributed by atoms with E-state index in [-0.39, 0.29) is 5.92 Å². The molecule has 2 atom stereocenters. The molecule has 0 saturated heterocycles. The van der Waals surface area contributed by atoms with Gasteiger partial charge in [-0.05, 0) is 12.0 Å². The van der Waals surface area contributed by atoms with E-state index in [2.05, 4.69) is 19.1 Å². The van der Waals surface area contributed by atoms with Gasteiger partial charge in [0.25, 0.3) is 0 Å². The molecule has 0 saturated carbocycles. The normalized spacial score (nSPS) is 26.5. The molecule has 0 amide bonds. The van der Waals surface area contributed by atoms with Gasteiger partial charge in [0, 0.05) is 5.92 Å². The van der Waals surface area contributed by atoms with E-state index in [1.54, 1.807) is 0 Å². The Balaban J connectivity index is 2.24. The third-order valence-electron chi connectivity index (χ3n) is 3.13. The van der Waals surface area contributed by atoms with Crippen LogP contribution in [-0.2, 0) is 0 Å². The van der Waals surface area contributed by atoms with Gasteiger partial charge >= 0.3 is 0 Å². The first kappa shape index (κ1) is 10.2. The van der Waals surface area contributed by atoms with Crippen LogP contribution in [0.2, 0.25) is 0 Å². The van der Waals surface area contributed by atoms with Crippen LogP contribution in [0.15, 0.2) is 54.6 Å². The van der Waals surface area contributed by atoms with Gasteiger partial charge in [-0.1, -0.05) is 61.6 Å². The number of hydrogen-bond donors (Lipinski definition) is 1. The molecule has 2 rings (SSSR count). The zero-order valence-electron chi connectivity index (χ0n) is 8.93. The van der Waals surface area contributed by atoms with E-state index in [1.165, 1.54) is 5.56 Å². The Morgan fingerprint density at radius 1 is 1.20 bits per heavy atom. The van der Waals surface area contributed by atoms with E-state index >= 15 is 0 Å². The van der Waals surface area contributed by atoms with Crippen molar-refractivity contribution in [2.75, 3.05) is 0 Å². The first-order valence-electron chi connectivity index (χ1n) is 5.34. The Bertz CT molecular complexity index is 378. The average molecular weight is 200 g/mol. The number of benzene rings is 1. The maximum atomic E-state index is 10.5. The topological polar surface area (TPSA) is 20.2 Å². The van der Waals surface area contributed by atoms with Crippen molar-refractivity contribution in [3.63, 3.8) is 0 Å². The fraction of sp³-hybridized carbons (Fsp3) is 0.286. The van der Waals surface area contributed by atoms with Crippen LogP contribution in [0.3, 0.4) is 0 Å². The highest BCUT2D eigenvalue weighted by Crippen LogP contribution is 2.33. The van der Waals surface area contributed by atoms with Crippen LogP contribution in [0.4, 0.5) is 0 Å². The van der Waals surface area contributed by atoms with Crippen molar-refractivity contribution in [1.29, 1.82) is 0 Å². The summed E-state index contributed by atoms with van der Waals surface area (Å²) in [6, 6.07) is 10.1. The molecule has 1 aliphatic rings. The zero-order valence-corrected chi connectivity index (χ0v) is 8.93. The fourth-order valence-corrected chi connectivity index (χ4v) is 1.98. The Labute approximate surface area is 90.8 Å². The first-order valence-corrected chi connectivity index (χ1v) is 5.34. The molecular formula is C14H16O. The van der Waals surface area contributed by atoms with Gasteiger partial charge in [0.05, 0.1) is 5.60 Å². The van der Waals surface area contributed by atoms with Gasteiger partial charge in [-0.3, -0.25) is 0 Å². The SMILES string of the molecule is CC(c1ccccc1)C1(O)C=CC=CC1. The molecule has 1 N–H and O–H groups in total. The molecule has 0 heterocycles. The van der Waals surface area contributed by atoms with Crippen molar-refractivity contribution in [3.8, 4) is 0 Å². The lowest BCUT2D eigenvalue weighted by atomic mass is 9.79. The minimum Gasteiger partial charge on any atom is -0.385 e. The molecular weight excluding hydrogens is 184 g/mol. The standard InChI is InChI=1S/C14H16O/c1-12(13-8-4-2-5-9-13)14(15)10-6-3-7-11-14/h2-10,12,15H,11H2,1H3. The van der Waals surface area contributed by atoms with E-state index in [1.807, 2.05) is 42.5 Å². The predicted molar refractivity (Wildman–Crippen MR) is 62.7 cm³/mol. The second-order valence-electron chi connectivity index (χ2n) is 4.11. The van der Waals surface area contributed by atoms with Crippen molar-refractivity contribution >= 4 is 0 Å². The van der Waals surface area contributed by atoms with Crippen molar-refractivity contribution in [2.45, 2.75) is 24.9 Å². The lowest BCUT2D eigenvalue weighted by Gasteiger charge is -2.32. The molecule has 0 spiro atoms. The minimum atomic E-state index is -0.726. The van der Waals surface area contributed by atoms with Crippen LogP contribution < -0.4 is 0 Å². The molecule has 0 radical (unpaired) electrons. The van der Waals surface area contributed by atoms with Crippen molar-refractivity contribution in [3.05, 3.63) is 60.2 Å². The minimum absolute atomic E-state index is 0.125.